The van der Waals surface area contributed by atoms with Gasteiger partial charge in [-0.3, -0.25) is 4.79 Å². The maximum absolute atomic E-state index is 13.6. The number of benzene rings is 1. The first-order chi connectivity index (χ1) is 7.70. The Bertz CT molecular complexity index is 377. The van der Waals surface area contributed by atoms with E-state index in [9.17, 15) is 9.18 Å². The van der Waals surface area contributed by atoms with Crippen LogP contribution >= 0.6 is 15.9 Å². The standard InChI is InChI=1S/C13H14BrFO/c14-10-7-4-8-11(15)12(10)13(16)9-5-2-1-3-6-9/h4,7-9H,1-3,5-6H2. The monoisotopic (exact) mass is 284 g/mol. The lowest BCUT2D eigenvalue weighted by atomic mass is 9.84. The molecule has 0 heterocycles. The lowest BCUT2D eigenvalue weighted by Gasteiger charge is -2.20. The Kier molecular flexibility index (Phi) is 3.74. The zero-order valence-corrected chi connectivity index (χ0v) is 10.6. The molecule has 0 bridgehead atoms. The maximum Gasteiger partial charge on any atom is 0.170 e. The molecule has 0 aromatic heterocycles. The molecule has 1 saturated carbocycles. The number of halogens is 2. The summed E-state index contributed by atoms with van der Waals surface area (Å²) in [4.78, 5) is 12.2. The van der Waals surface area contributed by atoms with Crippen LogP contribution in [0.2, 0.25) is 0 Å². The average Bonchev–Trinajstić information content (AvgIpc) is 2.30. The predicted molar refractivity (Wildman–Crippen MR) is 65.0 cm³/mol. The lowest BCUT2D eigenvalue weighted by molar-refractivity contribution is 0.0884. The third-order valence-electron chi connectivity index (χ3n) is 3.19. The second-order valence-electron chi connectivity index (χ2n) is 4.30. The minimum atomic E-state index is -0.412. The smallest absolute Gasteiger partial charge is 0.170 e. The van der Waals surface area contributed by atoms with E-state index in [1.54, 1.807) is 12.1 Å². The fourth-order valence-electron chi connectivity index (χ4n) is 2.30. The summed E-state index contributed by atoms with van der Waals surface area (Å²) in [6.45, 7) is 0. The number of hydrogen-bond acceptors (Lipinski definition) is 1. The van der Waals surface area contributed by atoms with Crippen molar-refractivity contribution in [2.45, 2.75) is 32.1 Å². The number of carbonyl (C=O) groups is 1. The summed E-state index contributed by atoms with van der Waals surface area (Å²) in [7, 11) is 0. The highest BCUT2D eigenvalue weighted by atomic mass is 79.9. The molecule has 0 spiro atoms. The van der Waals surface area contributed by atoms with Crippen LogP contribution in [-0.2, 0) is 0 Å². The van der Waals surface area contributed by atoms with Crippen molar-refractivity contribution in [3.63, 3.8) is 0 Å². The van der Waals surface area contributed by atoms with Crippen LogP contribution in [0.25, 0.3) is 0 Å². The van der Waals surface area contributed by atoms with Gasteiger partial charge in [0.05, 0.1) is 5.56 Å². The van der Waals surface area contributed by atoms with Gasteiger partial charge >= 0.3 is 0 Å². The molecule has 0 aliphatic heterocycles. The van der Waals surface area contributed by atoms with E-state index >= 15 is 0 Å². The third kappa shape index (κ3) is 2.34. The molecule has 16 heavy (non-hydrogen) atoms. The second-order valence-corrected chi connectivity index (χ2v) is 5.15. The van der Waals surface area contributed by atoms with E-state index in [0.717, 1.165) is 25.7 Å². The van der Waals surface area contributed by atoms with Gasteiger partial charge in [-0.25, -0.2) is 4.39 Å². The Balaban J connectivity index is 2.26. The van der Waals surface area contributed by atoms with E-state index in [2.05, 4.69) is 15.9 Å². The highest BCUT2D eigenvalue weighted by Crippen LogP contribution is 2.30. The van der Waals surface area contributed by atoms with Crippen LogP contribution in [0.1, 0.15) is 42.5 Å². The van der Waals surface area contributed by atoms with Crippen LogP contribution < -0.4 is 0 Å². The van der Waals surface area contributed by atoms with Crippen molar-refractivity contribution in [2.75, 3.05) is 0 Å². The van der Waals surface area contributed by atoms with Crippen molar-refractivity contribution in [2.24, 2.45) is 5.92 Å². The van der Waals surface area contributed by atoms with E-state index in [1.165, 1.54) is 12.5 Å². The van der Waals surface area contributed by atoms with Crippen LogP contribution in [-0.4, -0.2) is 5.78 Å². The number of hydrogen-bond donors (Lipinski definition) is 0. The third-order valence-corrected chi connectivity index (χ3v) is 3.85. The van der Waals surface area contributed by atoms with E-state index in [1.807, 2.05) is 0 Å². The molecule has 1 aromatic rings. The molecule has 0 saturated heterocycles. The molecular weight excluding hydrogens is 271 g/mol. The number of ketones is 1. The van der Waals surface area contributed by atoms with Gasteiger partial charge in [0.2, 0.25) is 0 Å². The van der Waals surface area contributed by atoms with Crippen molar-refractivity contribution in [3.05, 3.63) is 34.1 Å². The van der Waals surface area contributed by atoms with Gasteiger partial charge in [-0.2, -0.15) is 0 Å². The van der Waals surface area contributed by atoms with Gasteiger partial charge < -0.3 is 0 Å². The topological polar surface area (TPSA) is 17.1 Å². The summed E-state index contributed by atoms with van der Waals surface area (Å²) in [6, 6.07) is 4.68. The first-order valence-electron chi connectivity index (χ1n) is 5.68. The van der Waals surface area contributed by atoms with Crippen molar-refractivity contribution in [1.29, 1.82) is 0 Å². The summed E-state index contributed by atoms with van der Waals surface area (Å²) in [6.07, 6.45) is 5.17. The van der Waals surface area contributed by atoms with E-state index < -0.39 is 5.82 Å². The Morgan fingerprint density at radius 1 is 1.25 bits per heavy atom. The van der Waals surface area contributed by atoms with Crippen LogP contribution in [0, 0.1) is 11.7 Å². The quantitative estimate of drug-likeness (QED) is 0.738. The highest BCUT2D eigenvalue weighted by molar-refractivity contribution is 9.10. The van der Waals surface area contributed by atoms with Gasteiger partial charge in [0.1, 0.15) is 5.82 Å². The van der Waals surface area contributed by atoms with Gasteiger partial charge in [-0.15, -0.1) is 0 Å². The van der Waals surface area contributed by atoms with Gasteiger partial charge in [0.25, 0.3) is 0 Å². The highest BCUT2D eigenvalue weighted by Gasteiger charge is 2.25. The molecule has 0 amide bonds. The normalized spacial score (nSPS) is 17.4. The Morgan fingerprint density at radius 2 is 1.94 bits per heavy atom. The predicted octanol–water partition coefficient (Wildman–Crippen LogP) is 4.35. The first-order valence-corrected chi connectivity index (χ1v) is 6.47. The molecule has 0 radical (unpaired) electrons. The summed E-state index contributed by atoms with van der Waals surface area (Å²) in [5, 5.41) is 0. The van der Waals surface area contributed by atoms with Gasteiger partial charge in [-0.1, -0.05) is 25.3 Å². The Labute approximate surface area is 103 Å². The van der Waals surface area contributed by atoms with E-state index in [0.29, 0.717) is 4.47 Å². The van der Waals surface area contributed by atoms with Crippen LogP contribution in [0.4, 0.5) is 4.39 Å². The molecular formula is C13H14BrFO. The maximum atomic E-state index is 13.6. The molecule has 0 unspecified atom stereocenters. The summed E-state index contributed by atoms with van der Waals surface area (Å²) >= 11 is 3.25. The molecule has 0 N–H and O–H groups in total. The molecule has 1 aliphatic carbocycles. The Morgan fingerprint density at radius 3 is 2.56 bits per heavy atom. The minimum absolute atomic E-state index is 0.0157. The van der Waals surface area contributed by atoms with Crippen LogP contribution in [0.5, 0.6) is 0 Å². The summed E-state index contributed by atoms with van der Waals surface area (Å²) < 4.78 is 14.2. The fraction of sp³-hybridized carbons (Fsp3) is 0.462. The van der Waals surface area contributed by atoms with Crippen LogP contribution in [0.15, 0.2) is 22.7 Å². The molecule has 86 valence electrons. The zero-order chi connectivity index (χ0) is 11.5. The van der Waals surface area contributed by atoms with Gasteiger partial charge in [0.15, 0.2) is 5.78 Å². The molecule has 1 fully saturated rings. The summed E-state index contributed by atoms with van der Waals surface area (Å²) in [5.74, 6) is -0.434. The van der Waals surface area contributed by atoms with E-state index in [-0.39, 0.29) is 17.3 Å². The zero-order valence-electron chi connectivity index (χ0n) is 9.01. The summed E-state index contributed by atoms with van der Waals surface area (Å²) in [5.41, 5.74) is 0.231. The average molecular weight is 285 g/mol. The number of Topliss-reactive ketones (excluding diaryl/α,β-unsaturated/α-hetero) is 1. The fourth-order valence-corrected chi connectivity index (χ4v) is 2.84. The van der Waals surface area contributed by atoms with Crippen LogP contribution in [0.3, 0.4) is 0 Å². The number of carbonyl (C=O) groups excluding carboxylic acids is 1. The largest absolute Gasteiger partial charge is 0.294 e. The van der Waals surface area contributed by atoms with E-state index in [4.69, 9.17) is 0 Å². The molecule has 1 nitrogen and oxygen atoms in total. The van der Waals surface area contributed by atoms with Gasteiger partial charge in [0, 0.05) is 10.4 Å². The second kappa shape index (κ2) is 5.09. The van der Waals surface area contributed by atoms with Crippen molar-refractivity contribution >= 4 is 21.7 Å². The molecule has 0 atom stereocenters. The number of rotatable bonds is 2. The van der Waals surface area contributed by atoms with Crippen molar-refractivity contribution in [3.8, 4) is 0 Å². The van der Waals surface area contributed by atoms with Crippen molar-refractivity contribution in [1.82, 2.24) is 0 Å². The molecule has 2 rings (SSSR count). The lowest BCUT2D eigenvalue weighted by Crippen LogP contribution is -2.19. The SMILES string of the molecule is O=C(c1c(F)cccc1Br)C1CCCCC1. The Hall–Kier alpha value is -0.700. The van der Waals surface area contributed by atoms with Crippen molar-refractivity contribution < 1.29 is 9.18 Å². The molecule has 3 heteroatoms. The molecule has 1 aliphatic rings. The first kappa shape index (κ1) is 11.8. The molecule has 1 aromatic carbocycles. The minimum Gasteiger partial charge on any atom is -0.294 e. The van der Waals surface area contributed by atoms with Gasteiger partial charge in [-0.05, 0) is 40.9 Å².